The topological polar surface area (TPSA) is 108 Å². The first-order valence-corrected chi connectivity index (χ1v) is 15.0. The molecule has 0 fully saturated rings. The first-order valence-electron chi connectivity index (χ1n) is 12.3. The predicted molar refractivity (Wildman–Crippen MR) is 150 cm³/mol. The van der Waals surface area contributed by atoms with Gasteiger partial charge in [-0.15, -0.1) is 16.4 Å². The van der Waals surface area contributed by atoms with Crippen LogP contribution in [0.25, 0.3) is 10.1 Å². The number of fused-ring (bicyclic) bond motifs is 1. The van der Waals surface area contributed by atoms with Crippen molar-refractivity contribution in [2.75, 3.05) is 12.9 Å². The van der Waals surface area contributed by atoms with E-state index in [2.05, 4.69) is 0 Å². The molecular weight excluding hydrogens is 542 g/mol. The molecule has 3 aromatic rings. The molecule has 0 bridgehead atoms. The number of hydrogen-bond acceptors (Lipinski definition) is 9. The lowest BCUT2D eigenvalue weighted by Crippen LogP contribution is -2.44. The van der Waals surface area contributed by atoms with Gasteiger partial charge in [0, 0.05) is 4.70 Å². The van der Waals surface area contributed by atoms with Crippen LogP contribution in [0.4, 0.5) is 9.59 Å². The fourth-order valence-electron chi connectivity index (χ4n) is 3.67. The molecule has 0 aliphatic heterocycles. The summed E-state index contributed by atoms with van der Waals surface area (Å²) in [4.78, 5) is 31.3. The third-order valence-corrected chi connectivity index (χ3v) is 7.73. The normalized spacial score (nSPS) is 13.0. The van der Waals surface area contributed by atoms with Crippen LogP contribution in [0, 0.1) is 0 Å². The Bertz CT molecular complexity index is 1400. The Morgan fingerprint density at radius 1 is 0.923 bits per heavy atom. The smallest absolute Gasteiger partial charge is 0.497 e. The van der Waals surface area contributed by atoms with Gasteiger partial charge in [0.2, 0.25) is 0 Å². The minimum atomic E-state index is -3.85. The standard InChI is InChI=1S/C28H35NO8S2/c1-27(2,3)35-25(30)29(37-26(31)36-28(4,5)6)23(20-9-11-22(34-7)12-10-20)18-39(32,33)17-19-8-13-24-21(16-19)14-15-38-24/h8-16,23H,17-18H2,1-7H3/t23-/m1/s1. The van der Waals surface area contributed by atoms with Gasteiger partial charge >= 0.3 is 12.2 Å². The minimum Gasteiger partial charge on any atom is -0.497 e. The van der Waals surface area contributed by atoms with Gasteiger partial charge in [0.05, 0.1) is 18.6 Å². The number of thiophene rings is 1. The van der Waals surface area contributed by atoms with Crippen LogP contribution in [0.2, 0.25) is 0 Å². The van der Waals surface area contributed by atoms with Crippen LogP contribution < -0.4 is 4.74 Å². The lowest BCUT2D eigenvalue weighted by molar-refractivity contribution is -0.153. The zero-order valence-corrected chi connectivity index (χ0v) is 24.9. The Kier molecular flexibility index (Phi) is 9.17. The van der Waals surface area contributed by atoms with Crippen LogP contribution in [-0.2, 0) is 29.9 Å². The van der Waals surface area contributed by atoms with Gasteiger partial charge in [0.25, 0.3) is 0 Å². The molecule has 1 atom stereocenters. The van der Waals surface area contributed by atoms with Gasteiger partial charge in [-0.05, 0) is 93.8 Å². The number of hydroxylamine groups is 2. The fraction of sp³-hybridized carbons (Fsp3) is 0.429. The molecule has 0 aliphatic rings. The van der Waals surface area contributed by atoms with Gasteiger partial charge in [-0.25, -0.2) is 18.0 Å². The van der Waals surface area contributed by atoms with Crippen molar-refractivity contribution in [3.63, 3.8) is 0 Å². The van der Waals surface area contributed by atoms with Crippen LogP contribution in [0.5, 0.6) is 5.75 Å². The molecule has 212 valence electrons. The number of hydrogen-bond donors (Lipinski definition) is 0. The summed E-state index contributed by atoms with van der Waals surface area (Å²) in [6, 6.07) is 12.6. The number of methoxy groups -OCH3 is 1. The number of benzene rings is 2. The van der Waals surface area contributed by atoms with E-state index in [4.69, 9.17) is 19.0 Å². The zero-order valence-electron chi connectivity index (χ0n) is 23.2. The van der Waals surface area contributed by atoms with Crippen LogP contribution in [0.1, 0.15) is 58.7 Å². The van der Waals surface area contributed by atoms with E-state index in [9.17, 15) is 18.0 Å². The van der Waals surface area contributed by atoms with Crippen molar-refractivity contribution in [2.24, 2.45) is 0 Å². The average molecular weight is 578 g/mol. The summed E-state index contributed by atoms with van der Waals surface area (Å²) in [7, 11) is -2.35. The fourth-order valence-corrected chi connectivity index (χ4v) is 6.05. The highest BCUT2D eigenvalue weighted by molar-refractivity contribution is 7.90. The van der Waals surface area contributed by atoms with Crippen molar-refractivity contribution in [1.29, 1.82) is 0 Å². The van der Waals surface area contributed by atoms with Crippen molar-refractivity contribution in [3.05, 3.63) is 65.0 Å². The molecule has 0 saturated carbocycles. The first kappa shape index (κ1) is 30.2. The van der Waals surface area contributed by atoms with Gasteiger partial charge < -0.3 is 14.2 Å². The summed E-state index contributed by atoms with van der Waals surface area (Å²) in [6.07, 6.45) is -2.21. The van der Waals surface area contributed by atoms with Crippen LogP contribution >= 0.6 is 11.3 Å². The van der Waals surface area contributed by atoms with E-state index >= 15 is 0 Å². The van der Waals surface area contributed by atoms with Gasteiger partial charge in [-0.3, -0.25) is 4.84 Å². The van der Waals surface area contributed by atoms with Gasteiger partial charge in [0.1, 0.15) is 23.0 Å². The molecule has 0 N–H and O–H groups in total. The van der Waals surface area contributed by atoms with Crippen LogP contribution in [0.15, 0.2) is 53.9 Å². The second kappa shape index (κ2) is 11.8. The molecule has 11 heteroatoms. The molecule has 39 heavy (non-hydrogen) atoms. The molecule has 0 spiro atoms. The lowest BCUT2D eigenvalue weighted by atomic mass is 10.1. The van der Waals surface area contributed by atoms with Crippen molar-refractivity contribution in [1.82, 2.24) is 5.06 Å². The quantitative estimate of drug-likeness (QED) is 0.226. The highest BCUT2D eigenvalue weighted by atomic mass is 32.2. The van der Waals surface area contributed by atoms with E-state index in [1.165, 1.54) is 7.11 Å². The predicted octanol–water partition coefficient (Wildman–Crippen LogP) is 6.67. The Balaban J connectivity index is 2.01. The molecule has 3 rings (SSSR count). The van der Waals surface area contributed by atoms with E-state index in [1.807, 2.05) is 23.6 Å². The molecule has 1 heterocycles. The van der Waals surface area contributed by atoms with E-state index in [0.29, 0.717) is 21.9 Å². The van der Waals surface area contributed by atoms with E-state index in [-0.39, 0.29) is 5.75 Å². The minimum absolute atomic E-state index is 0.278. The third-order valence-electron chi connectivity index (χ3n) is 5.23. The summed E-state index contributed by atoms with van der Waals surface area (Å²) in [5, 5.41) is 3.53. The third kappa shape index (κ3) is 9.14. The van der Waals surface area contributed by atoms with E-state index in [0.717, 1.165) is 10.1 Å². The average Bonchev–Trinajstić information content (AvgIpc) is 3.26. The zero-order chi connectivity index (χ0) is 29.0. The summed E-state index contributed by atoms with van der Waals surface area (Å²) in [5.74, 6) is -0.301. The Labute approximate surface area is 233 Å². The monoisotopic (exact) mass is 577 g/mol. The Morgan fingerprint density at radius 3 is 2.15 bits per heavy atom. The van der Waals surface area contributed by atoms with E-state index < -0.39 is 45.1 Å². The Hall–Kier alpha value is -3.31. The number of amides is 1. The molecule has 0 aliphatic carbocycles. The van der Waals surface area contributed by atoms with Gasteiger partial charge in [0.15, 0.2) is 9.84 Å². The molecular formula is C28H35NO8S2. The molecule has 0 unspecified atom stereocenters. The number of carbonyl (C=O) groups excluding carboxylic acids is 2. The maximum Gasteiger partial charge on any atom is 0.534 e. The highest BCUT2D eigenvalue weighted by Gasteiger charge is 2.37. The highest BCUT2D eigenvalue weighted by Crippen LogP contribution is 2.30. The van der Waals surface area contributed by atoms with Crippen molar-refractivity contribution in [3.8, 4) is 5.75 Å². The summed E-state index contributed by atoms with van der Waals surface area (Å²) < 4.78 is 44.1. The molecule has 1 amide bonds. The number of rotatable bonds is 7. The summed E-state index contributed by atoms with van der Waals surface area (Å²) in [6.45, 7) is 9.87. The second-order valence-electron chi connectivity index (χ2n) is 11.0. The van der Waals surface area contributed by atoms with Crippen molar-refractivity contribution < 1.29 is 37.1 Å². The van der Waals surface area contributed by atoms with Gasteiger partial charge in [-0.1, -0.05) is 18.2 Å². The number of carbonyl (C=O) groups is 2. The number of nitrogens with zero attached hydrogens (tertiary/aromatic N) is 1. The lowest BCUT2D eigenvalue weighted by Gasteiger charge is -2.32. The summed E-state index contributed by atoms with van der Waals surface area (Å²) >= 11 is 1.57. The largest absolute Gasteiger partial charge is 0.534 e. The second-order valence-corrected chi connectivity index (χ2v) is 14.1. The number of sulfone groups is 1. The van der Waals surface area contributed by atoms with Crippen LogP contribution in [-0.4, -0.2) is 49.8 Å². The SMILES string of the molecule is COc1ccc([C@@H](CS(=O)(=O)Cc2ccc3sccc3c2)N(OC(=O)OC(C)(C)C)C(=O)OC(C)(C)C)cc1. The molecule has 9 nitrogen and oxygen atoms in total. The maximum absolute atomic E-state index is 13.5. The van der Waals surface area contributed by atoms with E-state index in [1.54, 1.807) is 83.2 Å². The molecule has 2 aromatic carbocycles. The van der Waals surface area contributed by atoms with Gasteiger partial charge in [-0.2, -0.15) is 0 Å². The molecule has 0 radical (unpaired) electrons. The number of ether oxygens (including phenoxy) is 3. The summed E-state index contributed by atoms with van der Waals surface area (Å²) in [5.41, 5.74) is -0.877. The van der Waals surface area contributed by atoms with Crippen LogP contribution in [0.3, 0.4) is 0 Å². The Morgan fingerprint density at radius 2 is 1.56 bits per heavy atom. The molecule has 0 saturated heterocycles. The van der Waals surface area contributed by atoms with Crippen molar-refractivity contribution >= 4 is 43.5 Å². The molecule has 1 aromatic heterocycles. The first-order chi connectivity index (χ1) is 18.0. The van der Waals surface area contributed by atoms with Crippen molar-refractivity contribution in [2.45, 2.75) is 64.5 Å². The maximum atomic E-state index is 13.5.